The highest BCUT2D eigenvalue weighted by molar-refractivity contribution is 5.68. The SMILES string of the molecule is COC(=O)N1Cc2ccccc2C[C@@H]1Cc1ccccc1. The van der Waals surface area contributed by atoms with Crippen molar-refractivity contribution in [3.05, 3.63) is 71.3 Å². The lowest BCUT2D eigenvalue weighted by Gasteiger charge is -2.36. The smallest absolute Gasteiger partial charge is 0.410 e. The van der Waals surface area contributed by atoms with E-state index < -0.39 is 0 Å². The number of hydrogen-bond acceptors (Lipinski definition) is 2. The molecule has 0 saturated heterocycles. The van der Waals surface area contributed by atoms with Crippen LogP contribution in [0.4, 0.5) is 4.79 Å². The summed E-state index contributed by atoms with van der Waals surface area (Å²) in [6, 6.07) is 18.8. The van der Waals surface area contributed by atoms with E-state index in [4.69, 9.17) is 4.74 Å². The van der Waals surface area contributed by atoms with Gasteiger partial charge in [0.15, 0.2) is 0 Å². The molecule has 2 aromatic carbocycles. The number of fused-ring (bicyclic) bond motifs is 1. The van der Waals surface area contributed by atoms with Crippen LogP contribution in [0.2, 0.25) is 0 Å². The number of hydrogen-bond donors (Lipinski definition) is 0. The minimum Gasteiger partial charge on any atom is -0.453 e. The van der Waals surface area contributed by atoms with Crippen LogP contribution in [0.25, 0.3) is 0 Å². The molecular weight excluding hydrogens is 262 g/mol. The maximum Gasteiger partial charge on any atom is 0.410 e. The Bertz CT molecular complexity index is 624. The Kier molecular flexibility index (Phi) is 3.91. The summed E-state index contributed by atoms with van der Waals surface area (Å²) in [7, 11) is 1.45. The molecule has 0 radical (unpaired) electrons. The summed E-state index contributed by atoms with van der Waals surface area (Å²) in [5.41, 5.74) is 3.79. The number of amides is 1. The number of nitrogens with zero attached hydrogens (tertiary/aromatic N) is 1. The Balaban J connectivity index is 1.87. The van der Waals surface area contributed by atoms with E-state index in [0.29, 0.717) is 6.54 Å². The predicted octanol–water partition coefficient (Wildman–Crippen LogP) is 3.42. The zero-order chi connectivity index (χ0) is 14.7. The maximum absolute atomic E-state index is 12.1. The van der Waals surface area contributed by atoms with Crippen LogP contribution < -0.4 is 0 Å². The molecule has 1 aliphatic rings. The van der Waals surface area contributed by atoms with Gasteiger partial charge in [0.05, 0.1) is 7.11 Å². The normalized spacial score (nSPS) is 17.2. The maximum atomic E-state index is 12.1. The van der Waals surface area contributed by atoms with Crippen molar-refractivity contribution >= 4 is 6.09 Å². The quantitative estimate of drug-likeness (QED) is 0.844. The standard InChI is InChI=1S/C18H19NO2/c1-21-18(20)19-13-16-10-6-5-9-15(16)12-17(19)11-14-7-3-2-4-8-14/h2-10,17H,11-13H2,1H3/t17-/m0/s1. The molecule has 1 aliphatic heterocycles. The van der Waals surface area contributed by atoms with Gasteiger partial charge in [0, 0.05) is 12.6 Å². The third kappa shape index (κ3) is 2.92. The van der Waals surface area contributed by atoms with Gasteiger partial charge in [0.2, 0.25) is 0 Å². The second kappa shape index (κ2) is 6.00. The van der Waals surface area contributed by atoms with E-state index in [2.05, 4.69) is 30.3 Å². The van der Waals surface area contributed by atoms with Gasteiger partial charge in [-0.15, -0.1) is 0 Å². The minimum absolute atomic E-state index is 0.148. The van der Waals surface area contributed by atoms with Gasteiger partial charge in [-0.3, -0.25) is 0 Å². The first-order valence-electron chi connectivity index (χ1n) is 7.23. The Morgan fingerprint density at radius 1 is 1.10 bits per heavy atom. The van der Waals surface area contributed by atoms with Crippen LogP contribution in [-0.2, 0) is 24.1 Å². The molecule has 1 atom stereocenters. The summed E-state index contributed by atoms with van der Waals surface area (Å²) in [5, 5.41) is 0. The third-order valence-corrected chi connectivity index (χ3v) is 4.08. The van der Waals surface area contributed by atoms with Gasteiger partial charge in [-0.05, 0) is 29.5 Å². The summed E-state index contributed by atoms with van der Waals surface area (Å²) in [4.78, 5) is 13.9. The average molecular weight is 281 g/mol. The van der Waals surface area contributed by atoms with Crippen LogP contribution in [0.15, 0.2) is 54.6 Å². The largest absolute Gasteiger partial charge is 0.453 e. The summed E-state index contributed by atoms with van der Waals surface area (Å²) in [5.74, 6) is 0. The van der Waals surface area contributed by atoms with E-state index in [1.54, 1.807) is 0 Å². The molecule has 2 aromatic rings. The Hall–Kier alpha value is -2.29. The first-order chi connectivity index (χ1) is 10.3. The molecule has 3 nitrogen and oxygen atoms in total. The third-order valence-electron chi connectivity index (χ3n) is 4.08. The van der Waals surface area contributed by atoms with Crippen molar-refractivity contribution in [2.45, 2.75) is 25.4 Å². The summed E-state index contributed by atoms with van der Waals surface area (Å²) >= 11 is 0. The zero-order valence-electron chi connectivity index (χ0n) is 12.2. The average Bonchev–Trinajstić information content (AvgIpc) is 2.54. The van der Waals surface area contributed by atoms with E-state index in [1.807, 2.05) is 29.2 Å². The van der Waals surface area contributed by atoms with Gasteiger partial charge in [0.1, 0.15) is 0 Å². The molecule has 108 valence electrons. The van der Waals surface area contributed by atoms with E-state index in [-0.39, 0.29) is 12.1 Å². The lowest BCUT2D eigenvalue weighted by atomic mass is 9.90. The monoisotopic (exact) mass is 281 g/mol. The molecule has 0 N–H and O–H groups in total. The molecule has 1 heterocycles. The van der Waals surface area contributed by atoms with Crippen LogP contribution in [0, 0.1) is 0 Å². The van der Waals surface area contributed by atoms with E-state index >= 15 is 0 Å². The van der Waals surface area contributed by atoms with Crippen LogP contribution in [0.5, 0.6) is 0 Å². The molecule has 1 amide bonds. The van der Waals surface area contributed by atoms with E-state index in [0.717, 1.165) is 12.8 Å². The van der Waals surface area contributed by atoms with Crippen molar-refractivity contribution in [2.24, 2.45) is 0 Å². The van der Waals surface area contributed by atoms with Gasteiger partial charge in [0.25, 0.3) is 0 Å². The predicted molar refractivity (Wildman–Crippen MR) is 82.0 cm³/mol. The molecule has 0 aliphatic carbocycles. The second-order valence-corrected chi connectivity index (χ2v) is 5.41. The Morgan fingerprint density at radius 2 is 1.76 bits per heavy atom. The topological polar surface area (TPSA) is 29.5 Å². The number of methoxy groups -OCH3 is 1. The summed E-state index contributed by atoms with van der Waals surface area (Å²) in [6.07, 6.45) is 1.48. The fourth-order valence-corrected chi connectivity index (χ4v) is 2.99. The fourth-order valence-electron chi connectivity index (χ4n) is 2.99. The van der Waals surface area contributed by atoms with Crippen molar-refractivity contribution in [3.63, 3.8) is 0 Å². The van der Waals surface area contributed by atoms with E-state index in [9.17, 15) is 4.79 Å². The van der Waals surface area contributed by atoms with Crippen molar-refractivity contribution in [1.29, 1.82) is 0 Å². The molecule has 0 bridgehead atoms. The van der Waals surface area contributed by atoms with Gasteiger partial charge in [-0.2, -0.15) is 0 Å². The number of rotatable bonds is 2. The van der Waals surface area contributed by atoms with Crippen LogP contribution in [0.1, 0.15) is 16.7 Å². The van der Waals surface area contributed by atoms with Crippen molar-refractivity contribution < 1.29 is 9.53 Å². The van der Waals surface area contributed by atoms with Gasteiger partial charge >= 0.3 is 6.09 Å². The lowest BCUT2D eigenvalue weighted by Crippen LogP contribution is -2.45. The van der Waals surface area contributed by atoms with Crippen LogP contribution >= 0.6 is 0 Å². The first-order valence-corrected chi connectivity index (χ1v) is 7.23. The highest BCUT2D eigenvalue weighted by atomic mass is 16.5. The van der Waals surface area contributed by atoms with Gasteiger partial charge in [-0.25, -0.2) is 4.79 Å². The molecule has 21 heavy (non-hydrogen) atoms. The minimum atomic E-state index is -0.245. The zero-order valence-corrected chi connectivity index (χ0v) is 12.2. The van der Waals surface area contributed by atoms with Crippen LogP contribution in [-0.4, -0.2) is 24.1 Å². The lowest BCUT2D eigenvalue weighted by molar-refractivity contribution is 0.0960. The molecule has 0 spiro atoms. The second-order valence-electron chi connectivity index (χ2n) is 5.41. The summed E-state index contributed by atoms with van der Waals surface area (Å²) < 4.78 is 4.96. The van der Waals surface area contributed by atoms with E-state index in [1.165, 1.54) is 23.8 Å². The molecule has 0 fully saturated rings. The number of ether oxygens (including phenoxy) is 1. The molecule has 3 heteroatoms. The molecule has 0 saturated carbocycles. The van der Waals surface area contributed by atoms with Crippen molar-refractivity contribution in [1.82, 2.24) is 4.90 Å². The fraction of sp³-hybridized carbons (Fsp3) is 0.278. The van der Waals surface area contributed by atoms with Gasteiger partial charge < -0.3 is 9.64 Å². The highest BCUT2D eigenvalue weighted by Gasteiger charge is 2.30. The highest BCUT2D eigenvalue weighted by Crippen LogP contribution is 2.26. The number of carbonyl (C=O) groups is 1. The summed E-state index contributed by atoms with van der Waals surface area (Å²) in [6.45, 7) is 0.625. The van der Waals surface area contributed by atoms with Crippen molar-refractivity contribution in [2.75, 3.05) is 7.11 Å². The molecule has 3 rings (SSSR count). The molecule has 0 aromatic heterocycles. The van der Waals surface area contributed by atoms with Gasteiger partial charge in [-0.1, -0.05) is 54.6 Å². The molecular formula is C18H19NO2. The Morgan fingerprint density at radius 3 is 2.48 bits per heavy atom. The Labute approximate surface area is 125 Å². The number of benzene rings is 2. The van der Waals surface area contributed by atoms with Crippen molar-refractivity contribution in [3.8, 4) is 0 Å². The first kappa shape index (κ1) is 13.7. The molecule has 0 unspecified atom stereocenters. The number of carbonyl (C=O) groups excluding carboxylic acids is 1. The van der Waals surface area contributed by atoms with Crippen LogP contribution in [0.3, 0.4) is 0 Å².